The van der Waals surface area contributed by atoms with E-state index in [1.54, 1.807) is 53.3 Å². The number of carboxylic acid groups (broad SMARTS) is 1. The molecule has 1 saturated heterocycles. The predicted molar refractivity (Wildman–Crippen MR) is 103 cm³/mol. The molecule has 1 heterocycles. The Kier molecular flexibility index (Phi) is 5.93. The van der Waals surface area contributed by atoms with Gasteiger partial charge >= 0.3 is 5.97 Å². The number of ether oxygens (including phenoxy) is 1. The van der Waals surface area contributed by atoms with Crippen LogP contribution in [0, 0.1) is 0 Å². The molecule has 146 valence electrons. The minimum Gasteiger partial charge on any atom is -0.497 e. The summed E-state index contributed by atoms with van der Waals surface area (Å²) in [5.41, 5.74) is 1.42. The molecule has 1 fully saturated rings. The van der Waals surface area contributed by atoms with Gasteiger partial charge in [-0.05, 0) is 42.0 Å². The number of nitrogens with zero attached hydrogens (tertiary/aromatic N) is 2. The van der Waals surface area contributed by atoms with Gasteiger partial charge < -0.3 is 19.6 Å². The molecular weight excluding hydrogens is 360 g/mol. The third-order valence-electron chi connectivity index (χ3n) is 4.79. The van der Waals surface area contributed by atoms with Crippen LogP contribution in [0.4, 0.5) is 0 Å². The van der Waals surface area contributed by atoms with E-state index >= 15 is 0 Å². The second kappa shape index (κ2) is 8.56. The van der Waals surface area contributed by atoms with E-state index < -0.39 is 5.97 Å². The van der Waals surface area contributed by atoms with Gasteiger partial charge in [-0.3, -0.25) is 9.59 Å². The van der Waals surface area contributed by atoms with E-state index in [1.807, 2.05) is 0 Å². The first kappa shape index (κ1) is 19.4. The number of aromatic carboxylic acids is 1. The number of methoxy groups -OCH3 is 1. The monoisotopic (exact) mass is 382 g/mol. The normalized spacial score (nSPS) is 13.9. The lowest BCUT2D eigenvalue weighted by atomic mass is 10.1. The van der Waals surface area contributed by atoms with Crippen LogP contribution in [0.15, 0.2) is 48.5 Å². The Morgan fingerprint density at radius 3 is 2.18 bits per heavy atom. The summed E-state index contributed by atoms with van der Waals surface area (Å²) in [5.74, 6) is -0.457. The van der Waals surface area contributed by atoms with Crippen molar-refractivity contribution in [3.8, 4) is 5.75 Å². The van der Waals surface area contributed by atoms with Crippen molar-refractivity contribution >= 4 is 17.8 Å². The molecule has 0 spiro atoms. The summed E-state index contributed by atoms with van der Waals surface area (Å²) in [6, 6.07) is 13.4. The first-order valence-corrected chi connectivity index (χ1v) is 9.01. The Morgan fingerprint density at radius 1 is 0.929 bits per heavy atom. The van der Waals surface area contributed by atoms with Crippen molar-refractivity contribution in [2.24, 2.45) is 0 Å². The molecule has 0 aromatic heterocycles. The standard InChI is InChI=1S/C21H22N2O5/c1-28-18-7-5-16(6-8-18)20(25)23-11-9-22(10-12-23)19(24)14-15-3-2-4-17(13-15)21(26)27/h2-8,13H,9-12,14H2,1H3,(H,26,27). The minimum absolute atomic E-state index is 0.0658. The maximum atomic E-state index is 12.6. The largest absolute Gasteiger partial charge is 0.497 e. The van der Waals surface area contributed by atoms with Crippen LogP contribution < -0.4 is 4.74 Å². The SMILES string of the molecule is COc1ccc(C(=O)N2CCN(C(=O)Cc3cccc(C(=O)O)c3)CC2)cc1. The molecule has 7 heteroatoms. The van der Waals surface area contributed by atoms with Crippen molar-refractivity contribution in [1.82, 2.24) is 9.80 Å². The van der Waals surface area contributed by atoms with Crippen LogP contribution in [0.1, 0.15) is 26.3 Å². The summed E-state index contributed by atoms with van der Waals surface area (Å²) in [6.07, 6.45) is 0.146. The van der Waals surface area contributed by atoms with Crippen molar-refractivity contribution in [1.29, 1.82) is 0 Å². The lowest BCUT2D eigenvalue weighted by Gasteiger charge is -2.35. The number of piperazine rings is 1. The molecule has 7 nitrogen and oxygen atoms in total. The number of amides is 2. The number of benzene rings is 2. The first-order valence-electron chi connectivity index (χ1n) is 9.01. The van der Waals surface area contributed by atoms with Crippen LogP contribution in [0.2, 0.25) is 0 Å². The Hall–Kier alpha value is -3.35. The van der Waals surface area contributed by atoms with Gasteiger partial charge in [0.1, 0.15) is 5.75 Å². The molecule has 0 aliphatic carbocycles. The molecule has 2 aromatic carbocycles. The number of hydrogen-bond donors (Lipinski definition) is 1. The minimum atomic E-state index is -1.01. The molecule has 1 N–H and O–H groups in total. The summed E-state index contributed by atoms with van der Waals surface area (Å²) in [6.45, 7) is 1.84. The lowest BCUT2D eigenvalue weighted by Crippen LogP contribution is -2.51. The molecule has 2 amide bonds. The van der Waals surface area contributed by atoms with Crippen LogP contribution in [0.25, 0.3) is 0 Å². The van der Waals surface area contributed by atoms with Crippen LogP contribution in [0.5, 0.6) is 5.75 Å². The number of rotatable bonds is 5. The Bertz CT molecular complexity index is 871. The Morgan fingerprint density at radius 2 is 1.57 bits per heavy atom. The summed E-state index contributed by atoms with van der Waals surface area (Å²) in [5, 5.41) is 9.06. The molecule has 28 heavy (non-hydrogen) atoms. The second-order valence-electron chi connectivity index (χ2n) is 6.58. The molecule has 3 rings (SSSR count). The summed E-state index contributed by atoms with van der Waals surface area (Å²) < 4.78 is 5.10. The highest BCUT2D eigenvalue weighted by Crippen LogP contribution is 2.15. The third kappa shape index (κ3) is 4.49. The quantitative estimate of drug-likeness (QED) is 0.854. The van der Waals surface area contributed by atoms with E-state index in [9.17, 15) is 14.4 Å². The highest BCUT2D eigenvalue weighted by molar-refractivity contribution is 5.94. The maximum absolute atomic E-state index is 12.6. The van der Waals surface area contributed by atoms with Crippen LogP contribution >= 0.6 is 0 Å². The average molecular weight is 382 g/mol. The molecule has 0 atom stereocenters. The van der Waals surface area contributed by atoms with E-state index in [-0.39, 0.29) is 23.8 Å². The van der Waals surface area contributed by atoms with Crippen molar-refractivity contribution in [3.05, 3.63) is 65.2 Å². The smallest absolute Gasteiger partial charge is 0.335 e. The first-order chi connectivity index (χ1) is 13.5. The number of hydrogen-bond acceptors (Lipinski definition) is 4. The molecular formula is C21H22N2O5. The highest BCUT2D eigenvalue weighted by atomic mass is 16.5. The van der Waals surface area contributed by atoms with Gasteiger partial charge in [-0.25, -0.2) is 4.79 Å². The topological polar surface area (TPSA) is 87.2 Å². The lowest BCUT2D eigenvalue weighted by molar-refractivity contribution is -0.131. The Labute approximate surface area is 163 Å². The molecule has 0 saturated carbocycles. The van der Waals surface area contributed by atoms with Crippen LogP contribution in [-0.4, -0.2) is 66.0 Å². The van der Waals surface area contributed by atoms with Gasteiger partial charge in [0.15, 0.2) is 0 Å². The Balaban J connectivity index is 1.55. The molecule has 0 unspecified atom stereocenters. The zero-order valence-electron chi connectivity index (χ0n) is 15.6. The van der Waals surface area contributed by atoms with Crippen molar-refractivity contribution in [3.63, 3.8) is 0 Å². The summed E-state index contributed by atoms with van der Waals surface area (Å²) in [4.78, 5) is 39.6. The van der Waals surface area contributed by atoms with Crippen molar-refractivity contribution in [2.75, 3.05) is 33.3 Å². The highest BCUT2D eigenvalue weighted by Gasteiger charge is 2.25. The molecule has 0 bridgehead atoms. The van der Waals surface area contributed by atoms with Gasteiger partial charge in [0, 0.05) is 31.7 Å². The van der Waals surface area contributed by atoms with E-state index in [0.29, 0.717) is 43.1 Å². The zero-order valence-corrected chi connectivity index (χ0v) is 15.6. The fourth-order valence-electron chi connectivity index (χ4n) is 3.18. The van der Waals surface area contributed by atoms with E-state index in [2.05, 4.69) is 0 Å². The van der Waals surface area contributed by atoms with Crippen molar-refractivity contribution < 1.29 is 24.2 Å². The van der Waals surface area contributed by atoms with Gasteiger partial charge in [0.25, 0.3) is 5.91 Å². The number of carbonyl (C=O) groups is 3. The molecule has 1 aliphatic rings. The van der Waals surface area contributed by atoms with Gasteiger partial charge in [-0.15, -0.1) is 0 Å². The molecule has 1 aliphatic heterocycles. The van der Waals surface area contributed by atoms with Gasteiger partial charge in [0.05, 0.1) is 19.1 Å². The van der Waals surface area contributed by atoms with Gasteiger partial charge in [-0.2, -0.15) is 0 Å². The summed E-state index contributed by atoms with van der Waals surface area (Å²) in [7, 11) is 1.57. The molecule has 2 aromatic rings. The zero-order chi connectivity index (χ0) is 20.1. The number of carbonyl (C=O) groups excluding carboxylic acids is 2. The maximum Gasteiger partial charge on any atom is 0.335 e. The summed E-state index contributed by atoms with van der Waals surface area (Å²) >= 11 is 0. The second-order valence-corrected chi connectivity index (χ2v) is 6.58. The molecule has 0 radical (unpaired) electrons. The predicted octanol–water partition coefficient (Wildman–Crippen LogP) is 1.92. The average Bonchev–Trinajstić information content (AvgIpc) is 2.73. The third-order valence-corrected chi connectivity index (χ3v) is 4.79. The van der Waals surface area contributed by atoms with E-state index in [4.69, 9.17) is 9.84 Å². The fraction of sp³-hybridized carbons (Fsp3) is 0.286. The van der Waals surface area contributed by atoms with Crippen LogP contribution in [0.3, 0.4) is 0 Å². The van der Waals surface area contributed by atoms with Gasteiger partial charge in [0.2, 0.25) is 5.91 Å². The van der Waals surface area contributed by atoms with Gasteiger partial charge in [-0.1, -0.05) is 12.1 Å². The van der Waals surface area contributed by atoms with E-state index in [1.165, 1.54) is 12.1 Å². The fourth-order valence-corrected chi connectivity index (χ4v) is 3.18. The number of carboxylic acids is 1. The van der Waals surface area contributed by atoms with E-state index in [0.717, 1.165) is 0 Å². The van der Waals surface area contributed by atoms with Crippen molar-refractivity contribution in [2.45, 2.75) is 6.42 Å². The van der Waals surface area contributed by atoms with Crippen LogP contribution in [-0.2, 0) is 11.2 Å².